The third-order valence-electron chi connectivity index (χ3n) is 3.99. The fourth-order valence-electron chi connectivity index (χ4n) is 2.93. The average molecular weight is 320 g/mol. The molecule has 2 amide bonds. The van der Waals surface area contributed by atoms with Crippen LogP contribution in [0, 0.1) is 17.6 Å². The van der Waals surface area contributed by atoms with Crippen LogP contribution in [0.3, 0.4) is 0 Å². The summed E-state index contributed by atoms with van der Waals surface area (Å²) in [5.41, 5.74) is 0.907. The molecule has 1 aliphatic carbocycles. The van der Waals surface area contributed by atoms with Gasteiger partial charge in [0.15, 0.2) is 17.4 Å². The zero-order valence-electron chi connectivity index (χ0n) is 12.1. The van der Waals surface area contributed by atoms with Gasteiger partial charge in [0.05, 0.1) is 5.92 Å². The molecular weight excluding hydrogens is 306 g/mol. The van der Waals surface area contributed by atoms with Gasteiger partial charge in [-0.2, -0.15) is 0 Å². The van der Waals surface area contributed by atoms with Gasteiger partial charge in [-0.3, -0.25) is 14.4 Å². The minimum Gasteiger partial charge on any atom is -0.329 e. The van der Waals surface area contributed by atoms with Gasteiger partial charge >= 0.3 is 0 Å². The SMILES string of the molecule is O=C1C[C@H](C(=O)Nc2ccc(F)c(F)c2)C2=C(CCCC2=O)N1. The summed E-state index contributed by atoms with van der Waals surface area (Å²) in [4.78, 5) is 36.3. The monoisotopic (exact) mass is 320 g/mol. The van der Waals surface area contributed by atoms with Crippen molar-refractivity contribution in [2.75, 3.05) is 5.32 Å². The van der Waals surface area contributed by atoms with Crippen molar-refractivity contribution in [1.82, 2.24) is 5.32 Å². The standard InChI is InChI=1S/C16H14F2N2O3/c17-10-5-4-8(6-11(10)18)19-16(23)9-7-14(22)20-12-2-1-3-13(21)15(9)12/h4-6,9H,1-3,7H2,(H,19,23)(H,20,22)/t9-/m0/s1. The summed E-state index contributed by atoms with van der Waals surface area (Å²) in [6.07, 6.45) is 1.38. The lowest BCUT2D eigenvalue weighted by Gasteiger charge is -2.30. The Morgan fingerprint density at radius 3 is 2.70 bits per heavy atom. The van der Waals surface area contributed by atoms with Crippen molar-refractivity contribution >= 4 is 23.3 Å². The predicted molar refractivity (Wildman–Crippen MR) is 77.1 cm³/mol. The molecule has 120 valence electrons. The zero-order valence-corrected chi connectivity index (χ0v) is 12.1. The second kappa shape index (κ2) is 5.91. The maximum absolute atomic E-state index is 13.2. The number of benzene rings is 1. The number of amides is 2. The van der Waals surface area contributed by atoms with Gasteiger partial charge in [0.25, 0.3) is 0 Å². The first-order chi connectivity index (χ1) is 11.0. The molecular formula is C16H14F2N2O3. The molecule has 0 saturated heterocycles. The van der Waals surface area contributed by atoms with Gasteiger partial charge in [-0.1, -0.05) is 0 Å². The van der Waals surface area contributed by atoms with Crippen LogP contribution in [0.5, 0.6) is 0 Å². The molecule has 3 rings (SSSR count). The molecule has 0 bridgehead atoms. The number of anilines is 1. The largest absolute Gasteiger partial charge is 0.329 e. The molecule has 1 aromatic carbocycles. The number of Topliss-reactive ketones (excluding diaryl/α,β-unsaturated/α-hetero) is 1. The first-order valence-electron chi connectivity index (χ1n) is 7.27. The Labute approximate surface area is 130 Å². The number of rotatable bonds is 2. The van der Waals surface area contributed by atoms with E-state index in [9.17, 15) is 23.2 Å². The molecule has 1 aliphatic heterocycles. The van der Waals surface area contributed by atoms with Gasteiger partial charge in [-0.15, -0.1) is 0 Å². The van der Waals surface area contributed by atoms with Gasteiger partial charge in [0, 0.05) is 35.9 Å². The van der Waals surface area contributed by atoms with E-state index in [1.165, 1.54) is 6.07 Å². The summed E-state index contributed by atoms with van der Waals surface area (Å²) in [5.74, 6) is -4.07. The first kappa shape index (κ1) is 15.3. The number of nitrogens with one attached hydrogen (secondary N) is 2. The van der Waals surface area contributed by atoms with Crippen LogP contribution in [0.1, 0.15) is 25.7 Å². The molecule has 0 fully saturated rings. The third kappa shape index (κ3) is 2.99. The molecule has 1 atom stereocenters. The maximum atomic E-state index is 13.2. The number of allylic oxidation sites excluding steroid dienone is 1. The molecule has 0 radical (unpaired) electrons. The van der Waals surface area contributed by atoms with Crippen LogP contribution >= 0.6 is 0 Å². The molecule has 2 N–H and O–H groups in total. The molecule has 2 aliphatic rings. The van der Waals surface area contributed by atoms with E-state index in [0.29, 0.717) is 30.5 Å². The number of carbonyl (C=O) groups excluding carboxylic acids is 3. The summed E-state index contributed by atoms with van der Waals surface area (Å²) < 4.78 is 26.1. The van der Waals surface area contributed by atoms with Crippen LogP contribution in [0.2, 0.25) is 0 Å². The summed E-state index contributed by atoms with van der Waals surface area (Å²) in [7, 11) is 0. The van der Waals surface area contributed by atoms with Gasteiger partial charge in [-0.25, -0.2) is 8.78 Å². The van der Waals surface area contributed by atoms with Crippen molar-refractivity contribution in [2.45, 2.75) is 25.7 Å². The second-order valence-corrected chi connectivity index (χ2v) is 5.59. The van der Waals surface area contributed by atoms with Crippen molar-refractivity contribution in [2.24, 2.45) is 5.92 Å². The second-order valence-electron chi connectivity index (χ2n) is 5.59. The lowest BCUT2D eigenvalue weighted by atomic mass is 9.81. The van der Waals surface area contributed by atoms with E-state index in [2.05, 4.69) is 10.6 Å². The molecule has 7 heteroatoms. The van der Waals surface area contributed by atoms with Crippen LogP contribution in [0.15, 0.2) is 29.5 Å². The van der Waals surface area contributed by atoms with E-state index in [1.807, 2.05) is 0 Å². The van der Waals surface area contributed by atoms with Crippen LogP contribution in [-0.2, 0) is 14.4 Å². The lowest BCUT2D eigenvalue weighted by molar-refractivity contribution is -0.128. The third-order valence-corrected chi connectivity index (χ3v) is 3.99. The Kier molecular flexibility index (Phi) is 3.94. The summed E-state index contributed by atoms with van der Waals surface area (Å²) >= 11 is 0. The van der Waals surface area contributed by atoms with E-state index in [4.69, 9.17) is 0 Å². The summed E-state index contributed by atoms with van der Waals surface area (Å²) in [6, 6.07) is 2.97. The normalized spacial score (nSPS) is 20.9. The van der Waals surface area contributed by atoms with Gasteiger partial charge < -0.3 is 10.6 Å². The Morgan fingerprint density at radius 1 is 1.17 bits per heavy atom. The van der Waals surface area contributed by atoms with Crippen molar-refractivity contribution in [3.8, 4) is 0 Å². The highest BCUT2D eigenvalue weighted by atomic mass is 19.2. The summed E-state index contributed by atoms with van der Waals surface area (Å²) in [5, 5.41) is 5.09. The summed E-state index contributed by atoms with van der Waals surface area (Å²) in [6.45, 7) is 0. The maximum Gasteiger partial charge on any atom is 0.232 e. The molecule has 0 saturated carbocycles. The fraction of sp³-hybridized carbons (Fsp3) is 0.312. The molecule has 1 heterocycles. The van der Waals surface area contributed by atoms with Crippen molar-refractivity contribution < 1.29 is 23.2 Å². The molecule has 0 unspecified atom stereocenters. The van der Waals surface area contributed by atoms with E-state index >= 15 is 0 Å². The predicted octanol–water partition coefficient (Wildman–Crippen LogP) is 2.05. The van der Waals surface area contributed by atoms with Crippen molar-refractivity contribution in [3.63, 3.8) is 0 Å². The minimum absolute atomic E-state index is 0.0743. The van der Waals surface area contributed by atoms with Crippen LogP contribution in [-0.4, -0.2) is 17.6 Å². The Balaban J connectivity index is 1.86. The van der Waals surface area contributed by atoms with E-state index in [-0.39, 0.29) is 23.8 Å². The van der Waals surface area contributed by atoms with Gasteiger partial charge in [-0.05, 0) is 25.0 Å². The van der Waals surface area contributed by atoms with Crippen LogP contribution in [0.25, 0.3) is 0 Å². The first-order valence-corrected chi connectivity index (χ1v) is 7.27. The minimum atomic E-state index is -1.09. The van der Waals surface area contributed by atoms with Gasteiger partial charge in [0.2, 0.25) is 11.8 Å². The van der Waals surface area contributed by atoms with Crippen LogP contribution < -0.4 is 10.6 Å². The Bertz CT molecular complexity index is 743. The van der Waals surface area contributed by atoms with Crippen LogP contribution in [0.4, 0.5) is 14.5 Å². The highest BCUT2D eigenvalue weighted by Gasteiger charge is 2.37. The highest BCUT2D eigenvalue weighted by molar-refractivity contribution is 6.08. The quantitative estimate of drug-likeness (QED) is 0.876. The highest BCUT2D eigenvalue weighted by Crippen LogP contribution is 2.32. The fourth-order valence-corrected chi connectivity index (χ4v) is 2.93. The van der Waals surface area contributed by atoms with Gasteiger partial charge in [0.1, 0.15) is 0 Å². The zero-order chi connectivity index (χ0) is 16.6. The number of hydrogen-bond acceptors (Lipinski definition) is 3. The van der Waals surface area contributed by atoms with E-state index in [1.54, 1.807) is 0 Å². The topological polar surface area (TPSA) is 75.3 Å². The number of ketones is 1. The van der Waals surface area contributed by atoms with Crippen molar-refractivity contribution in [1.29, 1.82) is 0 Å². The molecule has 5 nitrogen and oxygen atoms in total. The molecule has 0 spiro atoms. The molecule has 23 heavy (non-hydrogen) atoms. The lowest BCUT2D eigenvalue weighted by Crippen LogP contribution is -2.41. The van der Waals surface area contributed by atoms with E-state index in [0.717, 1.165) is 12.1 Å². The number of halogens is 2. The Hall–Kier alpha value is -2.57. The Morgan fingerprint density at radius 2 is 1.96 bits per heavy atom. The molecule has 1 aromatic rings. The smallest absolute Gasteiger partial charge is 0.232 e. The number of hydrogen-bond donors (Lipinski definition) is 2. The number of carbonyl (C=O) groups is 3. The van der Waals surface area contributed by atoms with Crippen molar-refractivity contribution in [3.05, 3.63) is 41.1 Å². The average Bonchev–Trinajstić information content (AvgIpc) is 2.50. The molecule has 0 aromatic heterocycles. The van der Waals surface area contributed by atoms with E-state index < -0.39 is 23.5 Å².